The molecule has 0 radical (unpaired) electrons. The Kier molecular flexibility index (Phi) is 4.83. The summed E-state index contributed by atoms with van der Waals surface area (Å²) in [5.41, 5.74) is 3.42. The number of hydrogen-bond donors (Lipinski definition) is 3. The lowest BCUT2D eigenvalue weighted by atomic mass is 10.0. The lowest BCUT2D eigenvalue weighted by Crippen LogP contribution is -2.09. The lowest BCUT2D eigenvalue weighted by molar-refractivity contribution is 0.101. The molecule has 2 aromatic heterocycles. The van der Waals surface area contributed by atoms with Gasteiger partial charge in [-0.2, -0.15) is 0 Å². The molecule has 0 saturated heterocycles. The number of nitrogens with one attached hydrogen (secondary N) is 1. The first-order valence-electron chi connectivity index (χ1n) is 10.1. The van der Waals surface area contributed by atoms with Gasteiger partial charge in [-0.1, -0.05) is 12.1 Å². The molecule has 4 aromatic rings. The van der Waals surface area contributed by atoms with Crippen LogP contribution in [0.3, 0.4) is 0 Å². The maximum absolute atomic E-state index is 12.9. The third-order valence-electron chi connectivity index (χ3n) is 5.41. The van der Waals surface area contributed by atoms with Gasteiger partial charge in [-0.3, -0.25) is 9.52 Å². The Hall–Kier alpha value is -4.31. The maximum Gasteiger partial charge on any atom is 0.235 e. The first-order chi connectivity index (χ1) is 16.1. The minimum atomic E-state index is -3.39. The average molecular weight is 477 g/mol. The zero-order valence-corrected chi connectivity index (χ0v) is 18.9. The molecule has 2 aromatic carbocycles. The van der Waals surface area contributed by atoms with Crippen molar-refractivity contribution >= 4 is 38.6 Å². The van der Waals surface area contributed by atoms with E-state index < -0.39 is 15.8 Å². The van der Waals surface area contributed by atoms with Crippen LogP contribution in [0, 0.1) is 0 Å². The molecule has 172 valence electrons. The van der Waals surface area contributed by atoms with Gasteiger partial charge in [-0.25, -0.2) is 13.4 Å². The highest BCUT2D eigenvalue weighted by atomic mass is 32.2. The molecule has 10 heteroatoms. The number of benzene rings is 2. The van der Waals surface area contributed by atoms with Gasteiger partial charge in [0.15, 0.2) is 5.76 Å². The number of pyridine rings is 1. The Labute approximate surface area is 194 Å². The van der Waals surface area contributed by atoms with E-state index >= 15 is 0 Å². The van der Waals surface area contributed by atoms with Crippen molar-refractivity contribution in [1.29, 1.82) is 0 Å². The fourth-order valence-corrected chi connectivity index (χ4v) is 4.60. The van der Waals surface area contributed by atoms with Crippen LogP contribution in [0.15, 0.2) is 60.6 Å². The summed E-state index contributed by atoms with van der Waals surface area (Å²) in [5, 5.41) is 20.6. The van der Waals surface area contributed by atoms with Crippen molar-refractivity contribution in [1.82, 2.24) is 9.55 Å². The van der Waals surface area contributed by atoms with E-state index in [-0.39, 0.29) is 28.6 Å². The number of allylic oxidation sites excluding steroid dienone is 1. The molecule has 1 aliphatic heterocycles. The summed E-state index contributed by atoms with van der Waals surface area (Å²) < 4.78 is 32.9. The summed E-state index contributed by atoms with van der Waals surface area (Å²) in [5.74, 6) is -0.972. The lowest BCUT2D eigenvalue weighted by Gasteiger charge is -2.08. The molecular formula is C24H19N3O6S. The third-order valence-corrected chi connectivity index (χ3v) is 6.02. The molecule has 0 amide bonds. The predicted octanol–water partition coefficient (Wildman–Crippen LogP) is 3.64. The fraction of sp³-hybridized carbons (Fsp3) is 0.0833. The van der Waals surface area contributed by atoms with Crippen LogP contribution >= 0.6 is 0 Å². The van der Waals surface area contributed by atoms with E-state index in [0.717, 1.165) is 28.8 Å². The number of sulfonamides is 1. The number of aromatic hydroxyl groups is 2. The molecule has 0 spiro atoms. The van der Waals surface area contributed by atoms with Gasteiger partial charge in [0, 0.05) is 48.2 Å². The molecule has 0 atom stereocenters. The number of carbonyl (C=O) groups is 1. The monoisotopic (exact) mass is 477 g/mol. The van der Waals surface area contributed by atoms with Crippen LogP contribution in [-0.2, 0) is 17.1 Å². The zero-order chi connectivity index (χ0) is 24.2. The number of aryl methyl sites for hydroxylation is 1. The largest absolute Gasteiger partial charge is 0.508 e. The Bertz CT molecular complexity index is 1620. The molecule has 3 heterocycles. The summed E-state index contributed by atoms with van der Waals surface area (Å²) in [4.78, 5) is 17.3. The van der Waals surface area contributed by atoms with Crippen molar-refractivity contribution in [2.75, 3.05) is 11.0 Å². The van der Waals surface area contributed by atoms with Crippen molar-refractivity contribution in [2.24, 2.45) is 7.05 Å². The van der Waals surface area contributed by atoms with Gasteiger partial charge in [-0.05, 0) is 35.4 Å². The third kappa shape index (κ3) is 3.73. The maximum atomic E-state index is 12.9. The number of nitrogens with zero attached hydrogens (tertiary/aromatic N) is 2. The molecule has 0 aliphatic carbocycles. The van der Waals surface area contributed by atoms with Gasteiger partial charge in [0.05, 0.1) is 6.26 Å². The molecule has 0 unspecified atom stereocenters. The van der Waals surface area contributed by atoms with Crippen LogP contribution in [0.25, 0.3) is 28.2 Å². The summed E-state index contributed by atoms with van der Waals surface area (Å²) in [6.07, 6.45) is 6.14. The molecule has 1 aliphatic rings. The standard InChI is InChI=1S/C24H19N3O6S/c1-27-12-14(9-20-23(30)22-18(29)10-16(28)11-19(22)33-20)21-17(7-8-25-24(21)27)13-3-5-15(6-4-13)26-34(2,31)32/h3-12,26,28-29H,1-2H3/b20-9-. The van der Waals surface area contributed by atoms with Crippen molar-refractivity contribution in [3.05, 3.63) is 71.7 Å². The molecule has 0 saturated carbocycles. The highest BCUT2D eigenvalue weighted by molar-refractivity contribution is 7.92. The van der Waals surface area contributed by atoms with E-state index in [0.29, 0.717) is 16.9 Å². The van der Waals surface area contributed by atoms with Crippen LogP contribution < -0.4 is 9.46 Å². The molecule has 5 rings (SSSR count). The van der Waals surface area contributed by atoms with Gasteiger partial charge in [0.1, 0.15) is 28.5 Å². The summed E-state index contributed by atoms with van der Waals surface area (Å²) in [6, 6.07) is 11.1. The topological polar surface area (TPSA) is 131 Å². The first-order valence-corrected chi connectivity index (χ1v) is 12.0. The number of hydrogen-bond acceptors (Lipinski definition) is 7. The number of Topliss-reactive ketones (excluding diaryl/α,β-unsaturated/α-hetero) is 1. The zero-order valence-electron chi connectivity index (χ0n) is 18.1. The molecule has 34 heavy (non-hydrogen) atoms. The SMILES string of the molecule is Cn1cc(/C=C2\Oc3cc(O)cc(O)c3C2=O)c2c(-c3ccc(NS(C)(=O)=O)cc3)ccnc21. The number of carbonyl (C=O) groups excluding carboxylic acids is 1. The van der Waals surface area contributed by atoms with Crippen LogP contribution in [-0.4, -0.2) is 40.2 Å². The summed E-state index contributed by atoms with van der Waals surface area (Å²) >= 11 is 0. The minimum Gasteiger partial charge on any atom is -0.508 e. The van der Waals surface area contributed by atoms with Crippen LogP contribution in [0.1, 0.15) is 15.9 Å². The van der Waals surface area contributed by atoms with Gasteiger partial charge in [-0.15, -0.1) is 0 Å². The summed E-state index contributed by atoms with van der Waals surface area (Å²) in [7, 11) is -1.56. The number of ketones is 1. The van der Waals surface area contributed by atoms with E-state index in [2.05, 4.69) is 9.71 Å². The predicted molar refractivity (Wildman–Crippen MR) is 127 cm³/mol. The quantitative estimate of drug-likeness (QED) is 0.383. The average Bonchev–Trinajstić information content (AvgIpc) is 3.24. The number of rotatable bonds is 4. The number of ether oxygens (including phenoxy) is 1. The smallest absolute Gasteiger partial charge is 0.235 e. The first kappa shape index (κ1) is 21.5. The number of anilines is 1. The number of fused-ring (bicyclic) bond motifs is 2. The van der Waals surface area contributed by atoms with Gasteiger partial charge < -0.3 is 19.5 Å². The van der Waals surface area contributed by atoms with Crippen molar-refractivity contribution in [2.45, 2.75) is 0 Å². The van der Waals surface area contributed by atoms with Gasteiger partial charge in [0.25, 0.3) is 0 Å². The highest BCUT2D eigenvalue weighted by Crippen LogP contribution is 2.41. The van der Waals surface area contributed by atoms with E-state index in [9.17, 15) is 23.4 Å². The van der Waals surface area contributed by atoms with E-state index in [4.69, 9.17) is 4.74 Å². The van der Waals surface area contributed by atoms with Crippen LogP contribution in [0.5, 0.6) is 17.2 Å². The van der Waals surface area contributed by atoms with E-state index in [1.165, 1.54) is 6.07 Å². The second kappa shape index (κ2) is 7.63. The fourth-order valence-electron chi connectivity index (χ4n) is 4.04. The Morgan fingerprint density at radius 1 is 1.12 bits per heavy atom. The minimum absolute atomic E-state index is 0.00315. The Balaban J connectivity index is 1.61. The van der Waals surface area contributed by atoms with Crippen molar-refractivity contribution in [3.63, 3.8) is 0 Å². The Morgan fingerprint density at radius 2 is 1.85 bits per heavy atom. The Morgan fingerprint density at radius 3 is 2.56 bits per heavy atom. The molecule has 9 nitrogen and oxygen atoms in total. The van der Waals surface area contributed by atoms with E-state index in [1.807, 2.05) is 23.9 Å². The normalized spacial score (nSPS) is 14.4. The molecule has 0 fully saturated rings. The molecule has 0 bridgehead atoms. The molecular weight excluding hydrogens is 458 g/mol. The van der Waals surface area contributed by atoms with Gasteiger partial charge >= 0.3 is 0 Å². The van der Waals surface area contributed by atoms with Crippen LogP contribution in [0.4, 0.5) is 5.69 Å². The van der Waals surface area contributed by atoms with Crippen molar-refractivity contribution in [3.8, 4) is 28.4 Å². The second-order valence-corrected chi connectivity index (χ2v) is 9.73. The summed E-state index contributed by atoms with van der Waals surface area (Å²) in [6.45, 7) is 0. The van der Waals surface area contributed by atoms with Gasteiger partial charge in [0.2, 0.25) is 15.8 Å². The highest BCUT2D eigenvalue weighted by Gasteiger charge is 2.31. The number of aromatic nitrogens is 2. The van der Waals surface area contributed by atoms with Crippen molar-refractivity contribution < 1.29 is 28.2 Å². The second-order valence-electron chi connectivity index (χ2n) is 7.98. The van der Waals surface area contributed by atoms with E-state index in [1.54, 1.807) is 36.5 Å². The number of phenolic OH excluding ortho intramolecular Hbond substituents is 2. The van der Waals surface area contributed by atoms with Crippen LogP contribution in [0.2, 0.25) is 0 Å². The molecule has 3 N–H and O–H groups in total. The number of phenols is 2.